The fourth-order valence-electron chi connectivity index (χ4n) is 4.99. The van der Waals surface area contributed by atoms with Crippen molar-refractivity contribution in [2.75, 3.05) is 45.2 Å². The molecular weight excluding hydrogens is 353 g/mol. The minimum absolute atomic E-state index is 0.248. The summed E-state index contributed by atoms with van der Waals surface area (Å²) < 4.78 is 13.5. The van der Waals surface area contributed by atoms with Crippen LogP contribution in [-0.4, -0.2) is 72.1 Å². The van der Waals surface area contributed by atoms with E-state index in [1.54, 1.807) is 12.3 Å². The normalized spacial score (nSPS) is 24.5. The Morgan fingerprint density at radius 3 is 2.68 bits per heavy atom. The lowest BCUT2D eigenvalue weighted by Gasteiger charge is -2.37. The number of halogens is 1. The molecule has 0 radical (unpaired) electrons. The maximum atomic E-state index is 13.5. The number of nitrogens with zero attached hydrogens (tertiary/aromatic N) is 5. The quantitative estimate of drug-likeness (QED) is 0.788. The van der Waals surface area contributed by atoms with Crippen molar-refractivity contribution in [2.45, 2.75) is 44.7 Å². The highest BCUT2D eigenvalue weighted by Gasteiger charge is 2.37. The van der Waals surface area contributed by atoms with Crippen LogP contribution < -0.4 is 4.90 Å². The lowest BCUT2D eigenvalue weighted by Crippen LogP contribution is -2.45. The summed E-state index contributed by atoms with van der Waals surface area (Å²) in [7, 11) is 4.44. The Hall–Kier alpha value is -1.79. The molecule has 3 heterocycles. The lowest BCUT2D eigenvalue weighted by atomic mass is 9.97. The molecule has 2 aromatic rings. The molecule has 0 N–H and O–H groups in total. The van der Waals surface area contributed by atoms with Crippen LogP contribution >= 0.6 is 0 Å². The zero-order valence-corrected chi connectivity index (χ0v) is 17.3. The summed E-state index contributed by atoms with van der Waals surface area (Å²) in [6, 6.07) is 6.02. The molecule has 152 valence electrons. The largest absolute Gasteiger partial charge is 0.341 e. The maximum Gasteiger partial charge on any atom is 0.225 e. The highest BCUT2D eigenvalue weighted by molar-refractivity contribution is 5.78. The monoisotopic (exact) mass is 385 g/mol. The summed E-state index contributed by atoms with van der Waals surface area (Å²) in [5.41, 5.74) is 0.683. The molecule has 0 aliphatic carbocycles. The first-order valence-corrected chi connectivity index (χ1v) is 10.6. The van der Waals surface area contributed by atoms with Crippen LogP contribution in [0.5, 0.6) is 0 Å². The third-order valence-corrected chi connectivity index (χ3v) is 6.55. The summed E-state index contributed by atoms with van der Waals surface area (Å²) >= 11 is 0. The number of likely N-dealkylation sites (tertiary alicyclic amines) is 1. The Morgan fingerprint density at radius 2 is 1.96 bits per heavy atom. The molecule has 2 atom stereocenters. The van der Waals surface area contributed by atoms with Crippen molar-refractivity contribution in [3.8, 4) is 0 Å². The van der Waals surface area contributed by atoms with E-state index < -0.39 is 0 Å². The number of fused-ring (bicyclic) bond motifs is 1. The van der Waals surface area contributed by atoms with Gasteiger partial charge in [0.15, 0.2) is 0 Å². The van der Waals surface area contributed by atoms with E-state index in [1.807, 2.05) is 0 Å². The standard InChI is InChI=1S/C22H32FN5/c1-4-5-17-14-28(15-21(17)26(2)3)19-8-10-27(11-9-19)22-24-13-16-6-7-18(23)12-20(16)25-22/h6-7,12-13,17,19,21H,4-5,8-11,14-15H2,1-3H3/t17-,21-/m1/s1. The molecule has 6 heteroatoms. The second-order valence-electron chi connectivity index (χ2n) is 8.62. The zero-order chi connectivity index (χ0) is 19.7. The van der Waals surface area contributed by atoms with Crippen LogP contribution in [-0.2, 0) is 0 Å². The van der Waals surface area contributed by atoms with Gasteiger partial charge in [-0.1, -0.05) is 13.3 Å². The number of hydrogen-bond donors (Lipinski definition) is 0. The Kier molecular flexibility index (Phi) is 5.78. The van der Waals surface area contributed by atoms with E-state index in [-0.39, 0.29) is 5.82 Å². The molecular formula is C22H32FN5. The van der Waals surface area contributed by atoms with Crippen molar-refractivity contribution >= 4 is 16.9 Å². The highest BCUT2D eigenvalue weighted by Crippen LogP contribution is 2.30. The van der Waals surface area contributed by atoms with Gasteiger partial charge in [-0.2, -0.15) is 0 Å². The second kappa shape index (κ2) is 8.29. The van der Waals surface area contributed by atoms with Crippen LogP contribution in [0.2, 0.25) is 0 Å². The topological polar surface area (TPSA) is 35.5 Å². The van der Waals surface area contributed by atoms with Gasteiger partial charge in [0, 0.05) is 55.9 Å². The van der Waals surface area contributed by atoms with E-state index >= 15 is 0 Å². The minimum Gasteiger partial charge on any atom is -0.341 e. The first kappa shape index (κ1) is 19.5. The van der Waals surface area contributed by atoms with E-state index in [0.29, 0.717) is 17.6 Å². The number of likely N-dealkylation sites (N-methyl/N-ethyl adjacent to an activating group) is 1. The van der Waals surface area contributed by atoms with Gasteiger partial charge in [-0.15, -0.1) is 0 Å². The maximum absolute atomic E-state index is 13.5. The molecule has 2 saturated heterocycles. The molecule has 1 aromatic carbocycles. The van der Waals surface area contributed by atoms with Crippen LogP contribution in [0.4, 0.5) is 10.3 Å². The molecule has 4 rings (SSSR count). The van der Waals surface area contributed by atoms with Gasteiger partial charge in [0.25, 0.3) is 0 Å². The van der Waals surface area contributed by atoms with Gasteiger partial charge in [0.05, 0.1) is 5.52 Å². The van der Waals surface area contributed by atoms with Gasteiger partial charge in [0.2, 0.25) is 5.95 Å². The molecule has 0 amide bonds. The Morgan fingerprint density at radius 1 is 1.18 bits per heavy atom. The smallest absolute Gasteiger partial charge is 0.225 e. The van der Waals surface area contributed by atoms with Gasteiger partial charge in [-0.25, -0.2) is 14.4 Å². The van der Waals surface area contributed by atoms with Gasteiger partial charge < -0.3 is 9.80 Å². The number of hydrogen-bond acceptors (Lipinski definition) is 5. The molecule has 2 aliphatic rings. The summed E-state index contributed by atoms with van der Waals surface area (Å²) in [4.78, 5) is 16.5. The molecule has 28 heavy (non-hydrogen) atoms. The van der Waals surface area contributed by atoms with E-state index in [1.165, 1.54) is 38.1 Å². The molecule has 0 saturated carbocycles. The van der Waals surface area contributed by atoms with Gasteiger partial charge in [0.1, 0.15) is 5.82 Å². The molecule has 2 aliphatic heterocycles. The molecule has 5 nitrogen and oxygen atoms in total. The van der Waals surface area contributed by atoms with E-state index in [9.17, 15) is 4.39 Å². The van der Waals surface area contributed by atoms with E-state index in [0.717, 1.165) is 43.2 Å². The highest BCUT2D eigenvalue weighted by atomic mass is 19.1. The number of piperidine rings is 1. The van der Waals surface area contributed by atoms with Gasteiger partial charge >= 0.3 is 0 Å². The number of aromatic nitrogens is 2. The first-order chi connectivity index (χ1) is 13.5. The lowest BCUT2D eigenvalue weighted by molar-refractivity contribution is 0.188. The number of anilines is 1. The predicted molar refractivity (Wildman–Crippen MR) is 112 cm³/mol. The zero-order valence-electron chi connectivity index (χ0n) is 17.3. The molecule has 0 unspecified atom stereocenters. The SMILES string of the molecule is CCC[C@@H]1CN(C2CCN(c3ncc4ccc(F)cc4n3)CC2)C[C@H]1N(C)C. The van der Waals surface area contributed by atoms with Crippen LogP contribution in [0.1, 0.15) is 32.6 Å². The van der Waals surface area contributed by atoms with Gasteiger partial charge in [-0.05, 0) is 51.4 Å². The molecule has 1 aromatic heterocycles. The van der Waals surface area contributed by atoms with Crippen molar-refractivity contribution in [1.29, 1.82) is 0 Å². The summed E-state index contributed by atoms with van der Waals surface area (Å²) in [6.07, 6.45) is 6.68. The minimum atomic E-state index is -0.248. The molecule has 0 spiro atoms. The van der Waals surface area contributed by atoms with Crippen molar-refractivity contribution in [3.63, 3.8) is 0 Å². The van der Waals surface area contributed by atoms with Gasteiger partial charge in [-0.3, -0.25) is 4.90 Å². The Labute approximate surface area is 167 Å². The van der Waals surface area contributed by atoms with E-state index in [4.69, 9.17) is 0 Å². The third-order valence-electron chi connectivity index (χ3n) is 6.55. The summed E-state index contributed by atoms with van der Waals surface area (Å²) in [5, 5.41) is 0.883. The summed E-state index contributed by atoms with van der Waals surface area (Å²) in [6.45, 7) is 6.64. The predicted octanol–water partition coefficient (Wildman–Crippen LogP) is 3.40. The van der Waals surface area contributed by atoms with Crippen LogP contribution in [0.15, 0.2) is 24.4 Å². The average Bonchev–Trinajstić information content (AvgIpc) is 3.12. The number of rotatable bonds is 5. The fourth-order valence-corrected chi connectivity index (χ4v) is 4.99. The average molecular weight is 386 g/mol. The Balaban J connectivity index is 1.39. The Bertz CT molecular complexity index is 803. The summed E-state index contributed by atoms with van der Waals surface area (Å²) in [5.74, 6) is 1.27. The first-order valence-electron chi connectivity index (χ1n) is 10.6. The third kappa shape index (κ3) is 3.98. The van der Waals surface area contributed by atoms with Crippen molar-refractivity contribution in [1.82, 2.24) is 19.8 Å². The van der Waals surface area contributed by atoms with Crippen LogP contribution in [0.25, 0.3) is 10.9 Å². The molecule has 2 fully saturated rings. The van der Waals surface area contributed by atoms with E-state index in [2.05, 4.69) is 45.7 Å². The van der Waals surface area contributed by atoms with Crippen molar-refractivity contribution in [3.05, 3.63) is 30.2 Å². The van der Waals surface area contributed by atoms with Crippen molar-refractivity contribution < 1.29 is 4.39 Å². The molecule has 0 bridgehead atoms. The van der Waals surface area contributed by atoms with Crippen LogP contribution in [0, 0.1) is 11.7 Å². The van der Waals surface area contributed by atoms with Crippen molar-refractivity contribution in [2.24, 2.45) is 5.92 Å². The fraction of sp³-hybridized carbons (Fsp3) is 0.636. The van der Waals surface area contributed by atoms with Crippen LogP contribution in [0.3, 0.4) is 0 Å². The second-order valence-corrected chi connectivity index (χ2v) is 8.62. The number of benzene rings is 1.